The van der Waals surface area contributed by atoms with Crippen molar-refractivity contribution in [1.82, 2.24) is 0 Å². The number of hydrogen-bond acceptors (Lipinski definition) is 3. The summed E-state index contributed by atoms with van der Waals surface area (Å²) in [6.07, 6.45) is 2.90. The molecule has 0 atom stereocenters. The van der Waals surface area contributed by atoms with E-state index in [1.807, 2.05) is 12.1 Å². The zero-order chi connectivity index (χ0) is 12.5. The van der Waals surface area contributed by atoms with Gasteiger partial charge >= 0.3 is 5.97 Å². The number of aryl methyl sites for hydroxylation is 1. The summed E-state index contributed by atoms with van der Waals surface area (Å²) in [4.78, 5) is 10.8. The first-order valence-corrected chi connectivity index (χ1v) is 6.44. The maximum Gasteiger partial charge on any atom is 0.330 e. The van der Waals surface area contributed by atoms with Gasteiger partial charge in [-0.05, 0) is 24.0 Å². The highest BCUT2D eigenvalue weighted by molar-refractivity contribution is 5.97. The Hall–Kier alpha value is -1.39. The molecule has 0 spiro atoms. The second kappa shape index (κ2) is 7.81. The highest BCUT2D eigenvalue weighted by atomic mass is 28.2. The van der Waals surface area contributed by atoms with Gasteiger partial charge in [0.25, 0.3) is 0 Å². The van der Waals surface area contributed by atoms with Crippen molar-refractivity contribution in [1.29, 1.82) is 0 Å². The molecule has 0 aromatic heterocycles. The van der Waals surface area contributed by atoms with Gasteiger partial charge in [0.15, 0.2) is 0 Å². The lowest BCUT2D eigenvalue weighted by Gasteiger charge is -2.08. The van der Waals surface area contributed by atoms with Crippen LogP contribution in [0.5, 0.6) is 0 Å². The minimum absolute atomic E-state index is 0.360. The molecule has 0 aliphatic carbocycles. The summed E-state index contributed by atoms with van der Waals surface area (Å²) in [6.45, 7) is 4.46. The standard InChI is InChI=1S/C13H18O3Si/c1-2-13(14)15-9-5-8-11-6-3-4-7-12(11)10-16-17/h2-4,6-7H,1,5,8-10H2,17H3. The first-order valence-electron chi connectivity index (χ1n) is 5.63. The molecule has 0 saturated carbocycles. The molecule has 0 unspecified atom stereocenters. The van der Waals surface area contributed by atoms with Crippen molar-refractivity contribution in [2.24, 2.45) is 0 Å². The average Bonchev–Trinajstić information content (AvgIpc) is 2.36. The molecule has 0 fully saturated rings. The van der Waals surface area contributed by atoms with Crippen LogP contribution in [-0.2, 0) is 27.0 Å². The van der Waals surface area contributed by atoms with Crippen molar-refractivity contribution in [2.45, 2.75) is 19.4 Å². The first-order chi connectivity index (χ1) is 8.27. The minimum atomic E-state index is -0.360. The predicted molar refractivity (Wildman–Crippen MR) is 70.6 cm³/mol. The van der Waals surface area contributed by atoms with E-state index in [9.17, 15) is 4.79 Å². The third-order valence-electron chi connectivity index (χ3n) is 2.42. The molecular weight excluding hydrogens is 232 g/mol. The van der Waals surface area contributed by atoms with Gasteiger partial charge in [-0.2, -0.15) is 0 Å². The van der Waals surface area contributed by atoms with Gasteiger partial charge in [0, 0.05) is 6.08 Å². The van der Waals surface area contributed by atoms with E-state index >= 15 is 0 Å². The van der Waals surface area contributed by atoms with E-state index in [1.165, 1.54) is 17.2 Å². The number of carbonyl (C=O) groups excluding carboxylic acids is 1. The summed E-state index contributed by atoms with van der Waals surface area (Å²) in [7, 11) is 0.745. The molecule has 0 aliphatic heterocycles. The molecule has 1 rings (SSSR count). The highest BCUT2D eigenvalue weighted by Crippen LogP contribution is 2.12. The summed E-state index contributed by atoms with van der Waals surface area (Å²) in [5.41, 5.74) is 2.48. The lowest BCUT2D eigenvalue weighted by atomic mass is 10.0. The highest BCUT2D eigenvalue weighted by Gasteiger charge is 2.02. The Morgan fingerprint density at radius 3 is 2.71 bits per heavy atom. The van der Waals surface area contributed by atoms with Crippen molar-refractivity contribution < 1.29 is 14.0 Å². The van der Waals surface area contributed by atoms with Crippen molar-refractivity contribution in [2.75, 3.05) is 6.61 Å². The summed E-state index contributed by atoms with van der Waals surface area (Å²) in [5, 5.41) is 0. The van der Waals surface area contributed by atoms with Crippen LogP contribution in [0.1, 0.15) is 17.5 Å². The zero-order valence-corrected chi connectivity index (χ0v) is 12.1. The fourth-order valence-corrected chi connectivity index (χ4v) is 1.90. The number of esters is 1. The number of rotatable bonds is 7. The largest absolute Gasteiger partial charge is 0.463 e. The van der Waals surface area contributed by atoms with Crippen LogP contribution in [0.4, 0.5) is 0 Å². The van der Waals surface area contributed by atoms with E-state index in [2.05, 4.69) is 18.7 Å². The molecule has 1 aromatic carbocycles. The molecule has 0 amide bonds. The summed E-state index contributed by atoms with van der Waals surface area (Å²) < 4.78 is 10.2. The Labute approximate surface area is 105 Å². The molecular formula is C13H18O3Si. The molecule has 0 heterocycles. The summed E-state index contributed by atoms with van der Waals surface area (Å²) in [6, 6.07) is 8.19. The Bertz CT molecular complexity index is 377. The molecule has 0 saturated heterocycles. The van der Waals surface area contributed by atoms with Gasteiger partial charge in [0.2, 0.25) is 0 Å². The average molecular weight is 250 g/mol. The summed E-state index contributed by atoms with van der Waals surface area (Å²) in [5.74, 6) is -0.360. The van der Waals surface area contributed by atoms with Crippen LogP contribution in [0, 0.1) is 0 Å². The number of carbonyl (C=O) groups is 1. The van der Waals surface area contributed by atoms with E-state index < -0.39 is 0 Å². The van der Waals surface area contributed by atoms with E-state index in [0.717, 1.165) is 23.3 Å². The zero-order valence-electron chi connectivity index (χ0n) is 10.1. The molecule has 4 heteroatoms. The molecule has 0 N–H and O–H groups in total. The van der Waals surface area contributed by atoms with Gasteiger partial charge in [-0.1, -0.05) is 30.8 Å². The van der Waals surface area contributed by atoms with Crippen LogP contribution in [0.15, 0.2) is 36.9 Å². The van der Waals surface area contributed by atoms with Gasteiger partial charge in [-0.25, -0.2) is 4.79 Å². The quantitative estimate of drug-likeness (QED) is 0.315. The van der Waals surface area contributed by atoms with E-state index in [0.29, 0.717) is 13.2 Å². The predicted octanol–water partition coefficient (Wildman–Crippen LogP) is 1.15. The van der Waals surface area contributed by atoms with E-state index in [-0.39, 0.29) is 5.97 Å². The SMILES string of the molecule is C=CC(=O)OCCCc1ccccc1CO[SiH3]. The van der Waals surface area contributed by atoms with Crippen LogP contribution >= 0.6 is 0 Å². The Balaban J connectivity index is 2.40. The molecule has 1 aromatic rings. The normalized spacial score (nSPS) is 10.1. The third-order valence-corrected chi connectivity index (χ3v) is 2.71. The monoisotopic (exact) mass is 250 g/mol. The van der Waals surface area contributed by atoms with Crippen molar-refractivity contribution in [3.8, 4) is 0 Å². The second-order valence-electron chi connectivity index (χ2n) is 3.68. The van der Waals surface area contributed by atoms with Gasteiger partial charge < -0.3 is 9.16 Å². The lowest BCUT2D eigenvalue weighted by molar-refractivity contribution is -0.137. The lowest BCUT2D eigenvalue weighted by Crippen LogP contribution is -2.04. The Kier molecular flexibility index (Phi) is 6.28. The number of hydrogen-bond donors (Lipinski definition) is 0. The molecule has 0 aliphatic rings. The van der Waals surface area contributed by atoms with Gasteiger partial charge in [0.1, 0.15) is 10.5 Å². The Morgan fingerprint density at radius 1 is 1.35 bits per heavy atom. The summed E-state index contributed by atoms with van der Waals surface area (Å²) >= 11 is 0. The fourth-order valence-electron chi connectivity index (χ4n) is 1.59. The van der Waals surface area contributed by atoms with Crippen LogP contribution in [0.2, 0.25) is 0 Å². The van der Waals surface area contributed by atoms with Crippen molar-refractivity contribution in [3.05, 3.63) is 48.0 Å². The molecule has 3 nitrogen and oxygen atoms in total. The van der Waals surface area contributed by atoms with Gasteiger partial charge in [0.05, 0.1) is 13.2 Å². The molecule has 0 bridgehead atoms. The number of ether oxygens (including phenoxy) is 1. The third kappa shape index (κ3) is 4.97. The molecule has 17 heavy (non-hydrogen) atoms. The molecule has 92 valence electrons. The topological polar surface area (TPSA) is 35.5 Å². The van der Waals surface area contributed by atoms with Crippen LogP contribution in [0.3, 0.4) is 0 Å². The van der Waals surface area contributed by atoms with Gasteiger partial charge in [-0.3, -0.25) is 0 Å². The van der Waals surface area contributed by atoms with Crippen LogP contribution < -0.4 is 0 Å². The van der Waals surface area contributed by atoms with Crippen molar-refractivity contribution in [3.63, 3.8) is 0 Å². The number of benzene rings is 1. The van der Waals surface area contributed by atoms with E-state index in [1.54, 1.807) is 0 Å². The fraction of sp³-hybridized carbons (Fsp3) is 0.308. The van der Waals surface area contributed by atoms with Crippen LogP contribution in [0.25, 0.3) is 0 Å². The van der Waals surface area contributed by atoms with Crippen molar-refractivity contribution >= 4 is 16.5 Å². The second-order valence-corrected chi connectivity index (χ2v) is 4.25. The maximum atomic E-state index is 10.8. The minimum Gasteiger partial charge on any atom is -0.463 e. The smallest absolute Gasteiger partial charge is 0.330 e. The van der Waals surface area contributed by atoms with Gasteiger partial charge in [-0.15, -0.1) is 0 Å². The van der Waals surface area contributed by atoms with E-state index in [4.69, 9.17) is 9.16 Å². The Morgan fingerprint density at radius 2 is 2.06 bits per heavy atom. The van der Waals surface area contributed by atoms with Crippen LogP contribution in [-0.4, -0.2) is 23.1 Å². The maximum absolute atomic E-state index is 10.8. The molecule has 0 radical (unpaired) electrons. The first kappa shape index (κ1) is 13.7.